The molecule has 0 amide bonds. The summed E-state index contributed by atoms with van der Waals surface area (Å²) in [4.78, 5) is 4.55. The highest BCUT2D eigenvalue weighted by Gasteiger charge is 2.10. The van der Waals surface area contributed by atoms with Gasteiger partial charge in [0, 0.05) is 0 Å². The van der Waals surface area contributed by atoms with Crippen LogP contribution in [0.15, 0.2) is 24.3 Å². The topological polar surface area (TPSA) is 62.7 Å². The maximum absolute atomic E-state index is 12.7. The van der Waals surface area contributed by atoms with Gasteiger partial charge in [-0.05, 0) is 17.7 Å². The molecule has 1 aromatic heterocycles. The van der Waals surface area contributed by atoms with Crippen molar-refractivity contribution in [3.63, 3.8) is 0 Å². The van der Waals surface area contributed by atoms with Gasteiger partial charge in [0.1, 0.15) is 11.9 Å². The minimum Gasteiger partial charge on any atom is -0.375 e. The number of aromatic nitrogens is 1. The predicted molar refractivity (Wildman–Crippen MR) is 56.6 cm³/mol. The fourth-order valence-electron chi connectivity index (χ4n) is 1.21. The van der Waals surface area contributed by atoms with E-state index in [0.29, 0.717) is 10.0 Å². The molecule has 0 atom stereocenters. The minimum atomic E-state index is -0.310. The molecule has 0 radical (unpaired) electrons. The van der Waals surface area contributed by atoms with E-state index in [2.05, 4.69) is 4.98 Å². The van der Waals surface area contributed by atoms with Gasteiger partial charge in [-0.1, -0.05) is 23.5 Å². The largest absolute Gasteiger partial charge is 0.375 e. The van der Waals surface area contributed by atoms with Crippen molar-refractivity contribution < 1.29 is 4.39 Å². The Bertz CT molecular complexity index is 525. The maximum Gasteiger partial charge on any atom is 0.181 e. The summed E-state index contributed by atoms with van der Waals surface area (Å²) in [5.74, 6) is -0.310. The highest BCUT2D eigenvalue weighted by Crippen LogP contribution is 2.31. The first kappa shape index (κ1) is 9.62. The summed E-state index contributed by atoms with van der Waals surface area (Å²) in [5.41, 5.74) is 6.54. The number of anilines is 1. The van der Waals surface area contributed by atoms with Crippen LogP contribution in [-0.4, -0.2) is 4.98 Å². The normalized spacial score (nSPS) is 9.87. The van der Waals surface area contributed by atoms with E-state index < -0.39 is 0 Å². The molecule has 74 valence electrons. The van der Waals surface area contributed by atoms with Gasteiger partial charge in [0.15, 0.2) is 10.8 Å². The van der Waals surface area contributed by atoms with Gasteiger partial charge >= 0.3 is 0 Å². The van der Waals surface area contributed by atoms with Crippen molar-refractivity contribution in [2.45, 2.75) is 0 Å². The monoisotopic (exact) mass is 219 g/mol. The lowest BCUT2D eigenvalue weighted by Crippen LogP contribution is -1.82. The number of rotatable bonds is 1. The lowest BCUT2D eigenvalue weighted by molar-refractivity contribution is 0.628. The third kappa shape index (κ3) is 1.80. The second-order valence-corrected chi connectivity index (χ2v) is 3.88. The Morgan fingerprint density at radius 3 is 2.60 bits per heavy atom. The molecular formula is C10H6FN3S. The Hall–Kier alpha value is -1.93. The van der Waals surface area contributed by atoms with Gasteiger partial charge in [0.25, 0.3) is 0 Å². The Morgan fingerprint density at radius 2 is 2.00 bits per heavy atom. The molecule has 0 saturated heterocycles. The summed E-state index contributed by atoms with van der Waals surface area (Å²) in [6.45, 7) is 0. The van der Waals surface area contributed by atoms with Crippen LogP contribution < -0.4 is 5.73 Å². The summed E-state index contributed by atoms with van der Waals surface area (Å²) in [7, 11) is 0. The Balaban J connectivity index is 2.54. The van der Waals surface area contributed by atoms with Crippen molar-refractivity contribution in [3.05, 3.63) is 35.8 Å². The van der Waals surface area contributed by atoms with Crippen LogP contribution >= 0.6 is 11.3 Å². The number of thiazole rings is 1. The molecule has 0 unspecified atom stereocenters. The van der Waals surface area contributed by atoms with Crippen molar-refractivity contribution in [1.29, 1.82) is 5.26 Å². The Kier molecular flexibility index (Phi) is 2.35. The molecule has 2 rings (SSSR count). The second-order valence-electron chi connectivity index (χ2n) is 2.85. The van der Waals surface area contributed by atoms with Crippen LogP contribution in [0.4, 0.5) is 9.52 Å². The van der Waals surface area contributed by atoms with Crippen molar-refractivity contribution in [2.24, 2.45) is 0 Å². The van der Waals surface area contributed by atoms with Crippen LogP contribution in [0.1, 0.15) is 5.69 Å². The van der Waals surface area contributed by atoms with E-state index in [4.69, 9.17) is 11.0 Å². The number of nitriles is 1. The lowest BCUT2D eigenvalue weighted by Gasteiger charge is -1.96. The zero-order chi connectivity index (χ0) is 10.8. The van der Waals surface area contributed by atoms with Crippen LogP contribution in [0.3, 0.4) is 0 Å². The van der Waals surface area contributed by atoms with E-state index in [1.807, 2.05) is 6.07 Å². The molecule has 3 nitrogen and oxygen atoms in total. The quantitative estimate of drug-likeness (QED) is 0.801. The summed E-state index contributed by atoms with van der Waals surface area (Å²) >= 11 is 1.22. The summed E-state index contributed by atoms with van der Waals surface area (Å²) < 4.78 is 12.7. The number of hydrogen-bond acceptors (Lipinski definition) is 4. The molecule has 0 spiro atoms. The summed E-state index contributed by atoms with van der Waals surface area (Å²) in [5, 5.41) is 9.15. The predicted octanol–water partition coefficient (Wildman–Crippen LogP) is 2.40. The second kappa shape index (κ2) is 3.67. The molecular weight excluding hydrogens is 213 g/mol. The van der Waals surface area contributed by atoms with Crippen molar-refractivity contribution in [1.82, 2.24) is 4.98 Å². The average Bonchev–Trinajstić information content (AvgIpc) is 2.61. The van der Waals surface area contributed by atoms with Gasteiger partial charge in [0.2, 0.25) is 0 Å². The van der Waals surface area contributed by atoms with E-state index in [1.54, 1.807) is 12.1 Å². The number of nitrogens with two attached hydrogens (primary N) is 1. The molecule has 1 aromatic carbocycles. The van der Waals surface area contributed by atoms with Crippen molar-refractivity contribution in [2.75, 3.05) is 5.73 Å². The van der Waals surface area contributed by atoms with Crippen LogP contribution in [0.25, 0.3) is 10.4 Å². The molecule has 2 aromatic rings. The van der Waals surface area contributed by atoms with E-state index in [-0.39, 0.29) is 11.5 Å². The molecule has 0 aliphatic carbocycles. The summed E-state index contributed by atoms with van der Waals surface area (Å²) in [6, 6.07) is 7.84. The molecule has 15 heavy (non-hydrogen) atoms. The first-order valence-corrected chi connectivity index (χ1v) is 4.94. The van der Waals surface area contributed by atoms with E-state index in [0.717, 1.165) is 5.56 Å². The molecule has 5 heteroatoms. The molecule has 0 fully saturated rings. The van der Waals surface area contributed by atoms with Gasteiger partial charge in [-0.25, -0.2) is 9.37 Å². The lowest BCUT2D eigenvalue weighted by atomic mass is 10.1. The smallest absolute Gasteiger partial charge is 0.181 e. The van der Waals surface area contributed by atoms with Gasteiger partial charge < -0.3 is 5.73 Å². The number of benzene rings is 1. The van der Waals surface area contributed by atoms with E-state index >= 15 is 0 Å². The van der Waals surface area contributed by atoms with Gasteiger partial charge in [-0.3, -0.25) is 0 Å². The third-order valence-electron chi connectivity index (χ3n) is 1.86. The Labute approximate surface area is 89.6 Å². The maximum atomic E-state index is 12.7. The van der Waals surface area contributed by atoms with Crippen LogP contribution in [0.5, 0.6) is 0 Å². The van der Waals surface area contributed by atoms with Crippen molar-refractivity contribution >= 4 is 16.5 Å². The molecule has 2 N–H and O–H groups in total. The molecule has 0 aliphatic rings. The Morgan fingerprint density at radius 1 is 1.33 bits per heavy atom. The van der Waals surface area contributed by atoms with E-state index in [9.17, 15) is 4.39 Å². The minimum absolute atomic E-state index is 0.282. The molecule has 0 bridgehead atoms. The third-order valence-corrected chi connectivity index (χ3v) is 2.79. The number of hydrogen-bond donors (Lipinski definition) is 1. The summed E-state index contributed by atoms with van der Waals surface area (Å²) in [6.07, 6.45) is 0. The fraction of sp³-hybridized carbons (Fsp3) is 0. The number of nitrogens with zero attached hydrogens (tertiary/aromatic N) is 2. The van der Waals surface area contributed by atoms with Crippen LogP contribution in [0, 0.1) is 17.1 Å². The van der Waals surface area contributed by atoms with Crippen molar-refractivity contribution in [3.8, 4) is 16.5 Å². The fourth-order valence-corrected chi connectivity index (χ4v) is 2.00. The van der Waals surface area contributed by atoms with Gasteiger partial charge in [-0.15, -0.1) is 0 Å². The highest BCUT2D eigenvalue weighted by molar-refractivity contribution is 7.19. The molecule has 0 saturated carbocycles. The highest BCUT2D eigenvalue weighted by atomic mass is 32.1. The van der Waals surface area contributed by atoms with Crippen LogP contribution in [-0.2, 0) is 0 Å². The average molecular weight is 219 g/mol. The van der Waals surface area contributed by atoms with Gasteiger partial charge in [-0.2, -0.15) is 5.26 Å². The molecule has 0 aliphatic heterocycles. The first-order chi connectivity index (χ1) is 7.20. The standard InChI is InChI=1S/C10H6FN3S/c11-7-3-1-6(2-4-7)9-8(5-12)14-10(13)15-9/h1-4H,(H2,13,14). The van der Waals surface area contributed by atoms with Gasteiger partial charge in [0.05, 0.1) is 4.88 Å². The SMILES string of the molecule is N#Cc1nc(N)sc1-c1ccc(F)cc1. The van der Waals surface area contributed by atoms with Crippen LogP contribution in [0.2, 0.25) is 0 Å². The van der Waals surface area contributed by atoms with E-state index in [1.165, 1.54) is 23.5 Å². The first-order valence-electron chi connectivity index (χ1n) is 4.13. The number of halogens is 1. The zero-order valence-corrected chi connectivity index (χ0v) is 8.38. The molecule has 1 heterocycles. The zero-order valence-electron chi connectivity index (χ0n) is 7.57. The number of nitrogen functional groups attached to an aromatic ring is 1.